The SMILES string of the molecule is Cc1ccc(S(=O)(=O)Nc2nnc(C(F)(F)F)s2)cc1. The third-order valence-corrected chi connectivity index (χ3v) is 4.59. The normalized spacial score (nSPS) is 12.4. The minimum absolute atomic E-state index is 0.0631. The Kier molecular flexibility index (Phi) is 3.69. The number of hydrogen-bond donors (Lipinski definition) is 1. The second kappa shape index (κ2) is 5.02. The van der Waals surface area contributed by atoms with Crippen molar-refractivity contribution in [2.45, 2.75) is 18.0 Å². The summed E-state index contributed by atoms with van der Waals surface area (Å²) in [5.74, 6) is 0. The number of hydrogen-bond acceptors (Lipinski definition) is 5. The molecule has 0 spiro atoms. The summed E-state index contributed by atoms with van der Waals surface area (Å²) < 4.78 is 62.8. The summed E-state index contributed by atoms with van der Waals surface area (Å²) in [6.07, 6.45) is -4.65. The van der Waals surface area contributed by atoms with Gasteiger partial charge in [-0.05, 0) is 19.1 Å². The first kappa shape index (κ1) is 14.7. The quantitative estimate of drug-likeness (QED) is 0.942. The van der Waals surface area contributed by atoms with E-state index in [1.807, 2.05) is 4.72 Å². The van der Waals surface area contributed by atoms with E-state index in [9.17, 15) is 21.6 Å². The topological polar surface area (TPSA) is 72.0 Å². The number of aromatic nitrogens is 2. The number of halogens is 3. The Labute approximate surface area is 116 Å². The molecule has 0 saturated heterocycles. The van der Waals surface area contributed by atoms with Crippen LogP contribution in [-0.4, -0.2) is 18.6 Å². The first-order valence-electron chi connectivity index (χ1n) is 5.19. The largest absolute Gasteiger partial charge is 0.445 e. The van der Waals surface area contributed by atoms with Gasteiger partial charge in [-0.15, -0.1) is 10.2 Å². The highest BCUT2D eigenvalue weighted by molar-refractivity contribution is 7.93. The number of sulfonamides is 1. The molecule has 2 aromatic rings. The molecule has 10 heteroatoms. The van der Waals surface area contributed by atoms with Crippen molar-refractivity contribution < 1.29 is 21.6 Å². The van der Waals surface area contributed by atoms with Crippen LogP contribution < -0.4 is 4.72 Å². The molecule has 0 bridgehead atoms. The van der Waals surface area contributed by atoms with E-state index >= 15 is 0 Å². The Balaban J connectivity index is 2.25. The Morgan fingerprint density at radius 3 is 2.25 bits per heavy atom. The number of anilines is 1. The van der Waals surface area contributed by atoms with Gasteiger partial charge in [0.15, 0.2) is 0 Å². The summed E-state index contributed by atoms with van der Waals surface area (Å²) in [7, 11) is -3.97. The highest BCUT2D eigenvalue weighted by Crippen LogP contribution is 2.33. The average molecular weight is 323 g/mol. The Bertz CT molecular complexity index is 708. The summed E-state index contributed by atoms with van der Waals surface area (Å²) in [5, 5.41) is 4.42. The van der Waals surface area contributed by atoms with E-state index in [1.165, 1.54) is 12.1 Å². The lowest BCUT2D eigenvalue weighted by molar-refractivity contribution is -0.138. The van der Waals surface area contributed by atoms with Crippen molar-refractivity contribution in [3.8, 4) is 0 Å². The zero-order valence-electron chi connectivity index (χ0n) is 9.97. The van der Waals surface area contributed by atoms with Crippen LogP contribution in [0.5, 0.6) is 0 Å². The van der Waals surface area contributed by atoms with Gasteiger partial charge in [0, 0.05) is 0 Å². The Hall–Kier alpha value is -1.68. The lowest BCUT2D eigenvalue weighted by Crippen LogP contribution is -2.12. The smallest absolute Gasteiger partial charge is 0.253 e. The lowest BCUT2D eigenvalue weighted by atomic mass is 10.2. The maximum absolute atomic E-state index is 12.3. The molecule has 0 fully saturated rings. The standard InChI is InChI=1S/C10H8F3N3O2S2/c1-6-2-4-7(5-3-6)20(17,18)16-9-15-14-8(19-9)10(11,12)13/h2-5H,1H3,(H,15,16). The summed E-state index contributed by atoms with van der Waals surface area (Å²) in [5.41, 5.74) is 0.860. The van der Waals surface area contributed by atoms with E-state index < -0.39 is 26.3 Å². The zero-order chi connectivity index (χ0) is 15.0. The number of nitrogens with one attached hydrogen (secondary N) is 1. The molecule has 0 aliphatic carbocycles. The molecule has 1 heterocycles. The highest BCUT2D eigenvalue weighted by Gasteiger charge is 2.36. The van der Waals surface area contributed by atoms with Gasteiger partial charge in [-0.3, -0.25) is 4.72 Å². The number of rotatable bonds is 3. The summed E-state index contributed by atoms with van der Waals surface area (Å²) in [4.78, 5) is -0.0631. The van der Waals surface area contributed by atoms with Crippen LogP contribution in [0.4, 0.5) is 18.3 Å². The summed E-state index contributed by atoms with van der Waals surface area (Å²) in [6.45, 7) is 1.78. The van der Waals surface area contributed by atoms with Crippen molar-refractivity contribution >= 4 is 26.5 Å². The van der Waals surface area contributed by atoms with Crippen LogP contribution in [0.1, 0.15) is 10.6 Å². The minimum Gasteiger partial charge on any atom is -0.253 e. The maximum Gasteiger partial charge on any atom is 0.445 e. The number of aryl methyl sites for hydroxylation is 1. The molecule has 108 valence electrons. The molecule has 0 unspecified atom stereocenters. The van der Waals surface area contributed by atoms with E-state index in [1.54, 1.807) is 19.1 Å². The van der Waals surface area contributed by atoms with Crippen LogP contribution in [0, 0.1) is 6.92 Å². The highest BCUT2D eigenvalue weighted by atomic mass is 32.2. The lowest BCUT2D eigenvalue weighted by Gasteiger charge is -2.04. The van der Waals surface area contributed by atoms with Gasteiger partial charge in [-0.2, -0.15) is 13.2 Å². The molecule has 20 heavy (non-hydrogen) atoms. The number of nitrogens with zero attached hydrogens (tertiary/aromatic N) is 2. The number of alkyl halides is 3. The van der Waals surface area contributed by atoms with Crippen molar-refractivity contribution in [2.75, 3.05) is 4.72 Å². The van der Waals surface area contributed by atoms with E-state index in [4.69, 9.17) is 0 Å². The molecule has 2 rings (SSSR count). The Morgan fingerprint density at radius 1 is 1.15 bits per heavy atom. The Morgan fingerprint density at radius 2 is 1.75 bits per heavy atom. The maximum atomic E-state index is 12.3. The molecule has 0 radical (unpaired) electrons. The van der Waals surface area contributed by atoms with Crippen molar-refractivity contribution in [1.82, 2.24) is 10.2 Å². The van der Waals surface area contributed by atoms with Gasteiger partial charge in [-0.25, -0.2) is 8.42 Å². The summed E-state index contributed by atoms with van der Waals surface area (Å²) in [6, 6.07) is 5.86. The van der Waals surface area contributed by atoms with Crippen LogP contribution in [0.25, 0.3) is 0 Å². The second-order valence-corrected chi connectivity index (χ2v) is 6.49. The first-order chi connectivity index (χ1) is 9.18. The molecule has 0 aliphatic rings. The van der Waals surface area contributed by atoms with E-state index in [2.05, 4.69) is 10.2 Å². The van der Waals surface area contributed by atoms with Gasteiger partial charge in [0.05, 0.1) is 4.90 Å². The molecule has 0 amide bonds. The second-order valence-electron chi connectivity index (χ2n) is 3.83. The predicted octanol–water partition coefficient (Wildman–Crippen LogP) is 2.67. The fraction of sp³-hybridized carbons (Fsp3) is 0.200. The molecule has 0 aliphatic heterocycles. The van der Waals surface area contributed by atoms with Crippen LogP contribution in [0.2, 0.25) is 0 Å². The fourth-order valence-electron chi connectivity index (χ4n) is 1.27. The molecule has 1 N–H and O–H groups in total. The van der Waals surface area contributed by atoms with Crippen molar-refractivity contribution in [2.24, 2.45) is 0 Å². The van der Waals surface area contributed by atoms with E-state index in [-0.39, 0.29) is 16.2 Å². The summed E-state index contributed by atoms with van der Waals surface area (Å²) >= 11 is 0.127. The van der Waals surface area contributed by atoms with Crippen molar-refractivity contribution in [1.29, 1.82) is 0 Å². The van der Waals surface area contributed by atoms with Gasteiger partial charge in [0.2, 0.25) is 10.1 Å². The first-order valence-corrected chi connectivity index (χ1v) is 7.49. The monoisotopic (exact) mass is 323 g/mol. The third kappa shape index (κ3) is 3.25. The van der Waals surface area contributed by atoms with Crippen LogP contribution in [0.3, 0.4) is 0 Å². The van der Waals surface area contributed by atoms with Crippen LogP contribution in [0.15, 0.2) is 29.2 Å². The molecular weight excluding hydrogens is 315 g/mol. The molecule has 0 saturated carbocycles. The zero-order valence-corrected chi connectivity index (χ0v) is 11.6. The minimum atomic E-state index is -4.65. The van der Waals surface area contributed by atoms with Gasteiger partial charge in [0.1, 0.15) is 0 Å². The van der Waals surface area contributed by atoms with E-state index in [0.29, 0.717) is 0 Å². The van der Waals surface area contributed by atoms with Gasteiger partial charge < -0.3 is 0 Å². The van der Waals surface area contributed by atoms with Crippen LogP contribution in [-0.2, 0) is 16.2 Å². The molecular formula is C10H8F3N3O2S2. The molecule has 5 nitrogen and oxygen atoms in total. The van der Waals surface area contributed by atoms with Gasteiger partial charge in [-0.1, -0.05) is 29.0 Å². The molecule has 1 aromatic heterocycles. The average Bonchev–Trinajstić information content (AvgIpc) is 2.77. The van der Waals surface area contributed by atoms with Gasteiger partial charge in [0.25, 0.3) is 10.0 Å². The number of benzene rings is 1. The predicted molar refractivity (Wildman–Crippen MR) is 66.9 cm³/mol. The van der Waals surface area contributed by atoms with Crippen molar-refractivity contribution in [3.63, 3.8) is 0 Å². The third-order valence-electron chi connectivity index (χ3n) is 2.22. The van der Waals surface area contributed by atoms with Crippen molar-refractivity contribution in [3.05, 3.63) is 34.8 Å². The molecule has 0 atom stereocenters. The van der Waals surface area contributed by atoms with Gasteiger partial charge >= 0.3 is 6.18 Å². The fourth-order valence-corrected chi connectivity index (χ4v) is 3.11. The molecule has 1 aromatic carbocycles. The van der Waals surface area contributed by atoms with Crippen LogP contribution >= 0.6 is 11.3 Å². The van der Waals surface area contributed by atoms with E-state index in [0.717, 1.165) is 5.56 Å².